The molecule has 0 aromatic heterocycles. The van der Waals surface area contributed by atoms with E-state index in [1.54, 1.807) is 0 Å². The topological polar surface area (TPSA) is 111 Å². The summed E-state index contributed by atoms with van der Waals surface area (Å²) in [7, 11) is 1.43. The number of benzene rings is 1. The molecule has 1 unspecified atom stereocenters. The third-order valence-electron chi connectivity index (χ3n) is 2.94. The number of unbranched alkanes of at least 4 members (excludes halogenated alkanes) is 1. The Morgan fingerprint density at radius 3 is 2.62 bits per heavy atom. The van der Waals surface area contributed by atoms with Crippen LogP contribution in [0.5, 0.6) is 5.75 Å². The molecule has 0 aliphatic carbocycles. The van der Waals surface area contributed by atoms with Crippen LogP contribution in [-0.4, -0.2) is 50.5 Å². The molecule has 0 aliphatic heterocycles. The van der Waals surface area contributed by atoms with Crippen LogP contribution >= 0.6 is 0 Å². The van der Waals surface area contributed by atoms with E-state index >= 15 is 0 Å². The van der Waals surface area contributed by atoms with Gasteiger partial charge >= 0.3 is 143 Å². The van der Waals surface area contributed by atoms with Crippen LogP contribution in [0.25, 0.3) is 0 Å². The van der Waals surface area contributed by atoms with Crippen molar-refractivity contribution in [3.63, 3.8) is 0 Å². The number of carbonyl (C=O) groups is 2. The molecule has 0 bridgehead atoms. The van der Waals surface area contributed by atoms with Gasteiger partial charge in [0.25, 0.3) is 0 Å². The van der Waals surface area contributed by atoms with Crippen molar-refractivity contribution >= 4 is 36.1 Å². The first-order chi connectivity index (χ1) is 11.3. The number of anilines is 1. The number of hydrogen-bond acceptors (Lipinski definition) is 6. The zero-order valence-corrected chi connectivity index (χ0v) is 15.8. The van der Waals surface area contributed by atoms with Crippen molar-refractivity contribution in [2.45, 2.75) is 26.7 Å². The van der Waals surface area contributed by atoms with E-state index in [0.717, 1.165) is 6.42 Å². The third-order valence-corrected chi connectivity index (χ3v) is 6.04. The molecule has 9 heteroatoms. The molecule has 2 N–H and O–H groups in total. The van der Waals surface area contributed by atoms with Crippen LogP contribution in [0.15, 0.2) is 18.2 Å². The minimum absolute atomic E-state index is 0.0783. The molecular formula is C15H22AsNO7. The van der Waals surface area contributed by atoms with Gasteiger partial charge in [-0.25, -0.2) is 0 Å². The second-order valence-electron chi connectivity index (χ2n) is 4.93. The Kier molecular flexibility index (Phi) is 8.04. The summed E-state index contributed by atoms with van der Waals surface area (Å²) in [6.45, 7) is 2.82. The monoisotopic (exact) mass is 403 g/mol. The number of rotatable bonds is 9. The molecule has 0 aliphatic rings. The van der Waals surface area contributed by atoms with Crippen molar-refractivity contribution in [1.82, 2.24) is 0 Å². The average molecular weight is 403 g/mol. The van der Waals surface area contributed by atoms with E-state index in [2.05, 4.69) is 5.32 Å². The van der Waals surface area contributed by atoms with Crippen LogP contribution in [0, 0.1) is 0 Å². The van der Waals surface area contributed by atoms with Crippen molar-refractivity contribution in [1.29, 1.82) is 0 Å². The quantitative estimate of drug-likeness (QED) is 0.353. The van der Waals surface area contributed by atoms with Gasteiger partial charge in [0.2, 0.25) is 0 Å². The van der Waals surface area contributed by atoms with Crippen molar-refractivity contribution in [3.05, 3.63) is 18.2 Å². The van der Waals surface area contributed by atoms with Crippen LogP contribution in [0.4, 0.5) is 5.69 Å². The molecule has 1 aromatic rings. The standard InChI is InChI=1S/C15H22AsNO7/c1-4-5-8-23-15(19)10-24-16(20,21)13-7-6-12(22-3)9-14(13)17-11(2)18/h6-7,9H,4-5,8,10H2,1-3H3,(H,17,18)(H,20,21). The first-order valence-electron chi connectivity index (χ1n) is 7.39. The molecule has 1 rings (SSSR count). The summed E-state index contributed by atoms with van der Waals surface area (Å²) >= 11 is -5.04. The molecule has 1 aromatic carbocycles. The number of carbonyl (C=O) groups excluding carboxylic acids is 2. The third kappa shape index (κ3) is 6.39. The molecule has 24 heavy (non-hydrogen) atoms. The van der Waals surface area contributed by atoms with Crippen molar-refractivity contribution in [2.24, 2.45) is 0 Å². The van der Waals surface area contributed by atoms with Gasteiger partial charge in [-0.2, -0.15) is 0 Å². The van der Waals surface area contributed by atoms with Gasteiger partial charge in [-0.15, -0.1) is 0 Å². The average Bonchev–Trinajstić information content (AvgIpc) is 2.52. The van der Waals surface area contributed by atoms with E-state index in [9.17, 15) is 17.4 Å². The van der Waals surface area contributed by atoms with E-state index in [1.807, 2.05) is 6.92 Å². The number of hydrogen-bond donors (Lipinski definition) is 2. The SMILES string of the molecule is CCCCOC(=O)CO[As](=O)(O)c1ccc(OC)cc1NC(C)=O. The zero-order chi connectivity index (χ0) is 18.2. The minimum atomic E-state index is -5.04. The summed E-state index contributed by atoms with van der Waals surface area (Å²) < 4.78 is 37.3. The Hall–Kier alpha value is -1.76. The number of amides is 1. The van der Waals surface area contributed by atoms with Crippen LogP contribution in [0.2, 0.25) is 0 Å². The van der Waals surface area contributed by atoms with Gasteiger partial charge in [0.15, 0.2) is 0 Å². The molecule has 0 radical (unpaired) electrons. The Morgan fingerprint density at radius 1 is 1.33 bits per heavy atom. The van der Waals surface area contributed by atoms with Gasteiger partial charge in [-0.05, 0) is 0 Å². The summed E-state index contributed by atoms with van der Waals surface area (Å²) in [6.07, 6.45) is 1.57. The maximum atomic E-state index is 12.4. The first-order valence-corrected chi connectivity index (χ1v) is 10.7. The second kappa shape index (κ2) is 9.51. The fourth-order valence-electron chi connectivity index (χ4n) is 1.76. The molecule has 0 fully saturated rings. The van der Waals surface area contributed by atoms with Gasteiger partial charge in [-0.3, -0.25) is 0 Å². The first kappa shape index (κ1) is 20.3. The molecule has 8 nitrogen and oxygen atoms in total. The molecular weight excluding hydrogens is 381 g/mol. The van der Waals surface area contributed by atoms with Crippen molar-refractivity contribution in [3.8, 4) is 5.75 Å². The number of methoxy groups -OCH3 is 1. The number of esters is 1. The maximum absolute atomic E-state index is 12.4. The zero-order valence-electron chi connectivity index (χ0n) is 13.9. The van der Waals surface area contributed by atoms with Gasteiger partial charge in [0, 0.05) is 0 Å². The van der Waals surface area contributed by atoms with E-state index in [1.165, 1.54) is 32.2 Å². The Bertz CT molecular complexity index is 632. The summed E-state index contributed by atoms with van der Waals surface area (Å²) in [5, 5.41) is 2.45. The van der Waals surface area contributed by atoms with E-state index in [4.69, 9.17) is 13.2 Å². The number of nitrogens with one attached hydrogen (secondary N) is 1. The molecule has 0 saturated heterocycles. The summed E-state index contributed by atoms with van der Waals surface area (Å²) in [5.41, 5.74) is 0.103. The van der Waals surface area contributed by atoms with E-state index in [0.29, 0.717) is 12.2 Å². The van der Waals surface area contributed by atoms with Crippen LogP contribution in [-0.2, 0) is 21.8 Å². The molecule has 0 heterocycles. The second-order valence-corrected chi connectivity index (χ2v) is 8.67. The number of ether oxygens (including phenoxy) is 2. The van der Waals surface area contributed by atoms with Gasteiger partial charge in [0.1, 0.15) is 0 Å². The molecule has 134 valence electrons. The summed E-state index contributed by atoms with van der Waals surface area (Å²) in [5.74, 6) is -0.732. The normalized spacial score (nSPS) is 13.0. The predicted octanol–water partition coefficient (Wildman–Crippen LogP) is 0.582. The Labute approximate surface area is 143 Å². The van der Waals surface area contributed by atoms with Crippen molar-refractivity contribution in [2.75, 3.05) is 25.6 Å². The predicted molar refractivity (Wildman–Crippen MR) is 87.4 cm³/mol. The summed E-state index contributed by atoms with van der Waals surface area (Å²) in [6, 6.07) is 4.20. The Morgan fingerprint density at radius 2 is 2.04 bits per heavy atom. The van der Waals surface area contributed by atoms with Crippen LogP contribution in [0.1, 0.15) is 26.7 Å². The summed E-state index contributed by atoms with van der Waals surface area (Å²) in [4.78, 5) is 22.8. The van der Waals surface area contributed by atoms with Crippen molar-refractivity contribution < 1.29 is 30.6 Å². The molecule has 1 amide bonds. The molecule has 0 spiro atoms. The Balaban J connectivity index is 2.86. The fraction of sp³-hybridized carbons (Fsp3) is 0.467. The van der Waals surface area contributed by atoms with Gasteiger partial charge < -0.3 is 0 Å². The molecule has 1 atom stereocenters. The van der Waals surface area contributed by atoms with Crippen LogP contribution < -0.4 is 14.4 Å². The van der Waals surface area contributed by atoms with Gasteiger partial charge in [0.05, 0.1) is 0 Å². The van der Waals surface area contributed by atoms with Crippen LogP contribution in [0.3, 0.4) is 0 Å². The fourth-order valence-corrected chi connectivity index (χ4v) is 4.08. The van der Waals surface area contributed by atoms with Gasteiger partial charge in [-0.1, -0.05) is 0 Å². The van der Waals surface area contributed by atoms with E-state index in [-0.39, 0.29) is 16.6 Å². The molecule has 0 saturated carbocycles. The van der Waals surface area contributed by atoms with E-state index < -0.39 is 32.7 Å².